The number of halogens is 6. The third kappa shape index (κ3) is 5.95. The van der Waals surface area contributed by atoms with E-state index in [-0.39, 0.29) is 5.75 Å². The normalized spacial score (nSPS) is 12.2. The minimum atomic E-state index is -5.23. The first kappa shape index (κ1) is 25.3. The van der Waals surface area contributed by atoms with Gasteiger partial charge < -0.3 is 19.6 Å². The highest BCUT2D eigenvalue weighted by Crippen LogP contribution is 2.48. The van der Waals surface area contributed by atoms with E-state index in [1.54, 1.807) is 6.20 Å². The van der Waals surface area contributed by atoms with Crippen molar-refractivity contribution in [3.63, 3.8) is 0 Å². The van der Waals surface area contributed by atoms with Gasteiger partial charge in [-0.3, -0.25) is 0 Å². The molecule has 2 N–H and O–H groups in total. The number of unbranched alkanes of at least 4 members (excludes halogenated alkanes) is 2. The van der Waals surface area contributed by atoms with Crippen molar-refractivity contribution in [3.05, 3.63) is 53.2 Å². The number of fused-ring (bicyclic) bond motifs is 1. The predicted molar refractivity (Wildman–Crippen MR) is 111 cm³/mol. The zero-order valence-corrected chi connectivity index (χ0v) is 17.9. The highest BCUT2D eigenvalue weighted by molar-refractivity contribution is 5.84. The molecule has 184 valence electrons. The summed E-state index contributed by atoms with van der Waals surface area (Å²) in [6.45, 7) is 0.926. The summed E-state index contributed by atoms with van der Waals surface area (Å²) in [5.41, 5.74) is -1.93. The number of nitrogens with one attached hydrogen (secondary N) is 1. The number of H-pyrrole nitrogens is 1. The van der Waals surface area contributed by atoms with Crippen molar-refractivity contribution >= 4 is 16.9 Å². The standard InChI is InChI=1S/C23H21F6NO4/c1-2-3-4-5-13-11-30-19-7-6-14(8-16(13)19)34-21-17(22(24,25)26)9-15(33-12-20(31)32)10-18(21)23(27,28)29/h6-11,30H,2-5,12H2,1H3,(H,31,32). The Morgan fingerprint density at radius 3 is 2.18 bits per heavy atom. The lowest BCUT2D eigenvalue weighted by atomic mass is 10.1. The molecular formula is C23H21F6NO4. The van der Waals surface area contributed by atoms with E-state index in [2.05, 4.69) is 9.72 Å². The number of carboxylic acid groups (broad SMARTS) is 1. The molecule has 0 spiro atoms. The number of ether oxygens (including phenoxy) is 2. The average Bonchev–Trinajstić information content (AvgIpc) is 3.13. The van der Waals surface area contributed by atoms with Gasteiger partial charge >= 0.3 is 18.3 Å². The van der Waals surface area contributed by atoms with Gasteiger partial charge in [0.25, 0.3) is 0 Å². The Morgan fingerprint density at radius 1 is 0.971 bits per heavy atom. The van der Waals surface area contributed by atoms with Crippen LogP contribution in [0.25, 0.3) is 10.9 Å². The fourth-order valence-corrected chi connectivity index (χ4v) is 3.47. The Labute approximate surface area is 190 Å². The van der Waals surface area contributed by atoms with Crippen LogP contribution in [-0.4, -0.2) is 22.7 Å². The van der Waals surface area contributed by atoms with E-state index in [0.717, 1.165) is 24.8 Å². The van der Waals surface area contributed by atoms with Crippen molar-refractivity contribution in [3.8, 4) is 17.2 Å². The minimum absolute atomic E-state index is 0.209. The summed E-state index contributed by atoms with van der Waals surface area (Å²) in [4.78, 5) is 13.7. The van der Waals surface area contributed by atoms with Crippen LogP contribution in [0.5, 0.6) is 17.2 Å². The topological polar surface area (TPSA) is 71.5 Å². The fourth-order valence-electron chi connectivity index (χ4n) is 3.47. The van der Waals surface area contributed by atoms with E-state index < -0.39 is 47.6 Å². The van der Waals surface area contributed by atoms with Gasteiger partial charge in [0.1, 0.15) is 22.6 Å². The predicted octanol–water partition coefficient (Wildman–Crippen LogP) is 7.19. The van der Waals surface area contributed by atoms with Crippen molar-refractivity contribution in [1.82, 2.24) is 4.98 Å². The molecule has 3 aromatic rings. The van der Waals surface area contributed by atoms with E-state index in [0.29, 0.717) is 29.5 Å². The first-order chi connectivity index (χ1) is 15.9. The molecular weight excluding hydrogens is 468 g/mol. The molecule has 0 amide bonds. The number of rotatable bonds is 9. The van der Waals surface area contributed by atoms with Crippen molar-refractivity contribution < 1.29 is 45.7 Å². The molecule has 3 rings (SSSR count). The van der Waals surface area contributed by atoms with Gasteiger partial charge in [-0.05, 0) is 48.7 Å². The molecule has 1 heterocycles. The third-order valence-electron chi connectivity index (χ3n) is 5.04. The van der Waals surface area contributed by atoms with Gasteiger partial charge in [0.15, 0.2) is 12.4 Å². The van der Waals surface area contributed by atoms with Gasteiger partial charge in [-0.15, -0.1) is 0 Å². The molecule has 0 fully saturated rings. The second-order valence-electron chi connectivity index (χ2n) is 7.61. The first-order valence-electron chi connectivity index (χ1n) is 10.3. The Bertz CT molecular complexity index is 1130. The monoisotopic (exact) mass is 489 g/mol. The van der Waals surface area contributed by atoms with Crippen molar-refractivity contribution in [1.29, 1.82) is 0 Å². The van der Waals surface area contributed by atoms with Gasteiger partial charge in [-0.2, -0.15) is 26.3 Å². The number of carbonyl (C=O) groups is 1. The summed E-state index contributed by atoms with van der Waals surface area (Å²) in [5, 5.41) is 9.28. The summed E-state index contributed by atoms with van der Waals surface area (Å²) < 4.78 is 92.1. The lowest BCUT2D eigenvalue weighted by Gasteiger charge is -2.20. The molecule has 0 saturated carbocycles. The van der Waals surface area contributed by atoms with E-state index in [4.69, 9.17) is 9.84 Å². The van der Waals surface area contributed by atoms with Gasteiger partial charge in [0.2, 0.25) is 0 Å². The number of carboxylic acids is 1. The van der Waals surface area contributed by atoms with E-state index in [1.807, 2.05) is 6.92 Å². The number of aliphatic carboxylic acids is 1. The maximum absolute atomic E-state index is 13.7. The second-order valence-corrected chi connectivity index (χ2v) is 7.61. The summed E-state index contributed by atoms with van der Waals surface area (Å²) in [6.07, 6.45) is -5.19. The zero-order chi connectivity index (χ0) is 25.1. The Balaban J connectivity index is 2.08. The van der Waals surface area contributed by atoms with Crippen LogP contribution in [-0.2, 0) is 23.6 Å². The van der Waals surface area contributed by atoms with Crippen LogP contribution in [0.4, 0.5) is 26.3 Å². The molecule has 5 nitrogen and oxygen atoms in total. The lowest BCUT2D eigenvalue weighted by molar-refractivity contribution is -0.145. The molecule has 0 aliphatic heterocycles. The Morgan fingerprint density at radius 2 is 1.62 bits per heavy atom. The molecule has 0 aliphatic carbocycles. The summed E-state index contributed by atoms with van der Waals surface area (Å²) in [7, 11) is 0. The first-order valence-corrected chi connectivity index (χ1v) is 10.3. The van der Waals surface area contributed by atoms with Crippen LogP contribution >= 0.6 is 0 Å². The molecule has 0 unspecified atom stereocenters. The number of aromatic nitrogens is 1. The molecule has 0 radical (unpaired) electrons. The molecule has 0 aliphatic rings. The summed E-state index contributed by atoms with van der Waals surface area (Å²) >= 11 is 0. The van der Waals surface area contributed by atoms with Crippen LogP contribution in [0.2, 0.25) is 0 Å². The zero-order valence-electron chi connectivity index (χ0n) is 17.9. The highest BCUT2D eigenvalue weighted by atomic mass is 19.4. The van der Waals surface area contributed by atoms with Crippen LogP contribution in [0, 0.1) is 0 Å². The molecule has 1 aromatic heterocycles. The SMILES string of the molecule is CCCCCc1c[nH]c2ccc(Oc3c(C(F)(F)F)cc(OCC(=O)O)cc3C(F)(F)F)cc12. The summed E-state index contributed by atoms with van der Waals surface area (Å²) in [6, 6.07) is 4.75. The molecule has 2 aromatic carbocycles. The van der Waals surface area contributed by atoms with Gasteiger partial charge in [-0.1, -0.05) is 19.8 Å². The van der Waals surface area contributed by atoms with Crippen LogP contribution in [0.1, 0.15) is 42.9 Å². The van der Waals surface area contributed by atoms with Crippen molar-refractivity contribution in [2.45, 2.75) is 45.0 Å². The molecule has 0 bridgehead atoms. The smallest absolute Gasteiger partial charge is 0.420 e. The van der Waals surface area contributed by atoms with Crippen LogP contribution in [0.15, 0.2) is 36.5 Å². The Hall–Kier alpha value is -3.37. The third-order valence-corrected chi connectivity index (χ3v) is 5.04. The second kappa shape index (κ2) is 9.86. The van der Waals surface area contributed by atoms with E-state index in [9.17, 15) is 31.1 Å². The Kier molecular flexibility index (Phi) is 7.32. The van der Waals surface area contributed by atoms with E-state index in [1.165, 1.54) is 18.2 Å². The average molecular weight is 489 g/mol. The number of aryl methyl sites for hydroxylation is 1. The maximum atomic E-state index is 13.7. The number of benzene rings is 2. The highest BCUT2D eigenvalue weighted by Gasteiger charge is 2.43. The van der Waals surface area contributed by atoms with Crippen molar-refractivity contribution in [2.24, 2.45) is 0 Å². The van der Waals surface area contributed by atoms with Gasteiger partial charge in [0, 0.05) is 17.1 Å². The number of hydrogen-bond acceptors (Lipinski definition) is 3. The molecule has 0 atom stereocenters. The van der Waals surface area contributed by atoms with Crippen LogP contribution in [0.3, 0.4) is 0 Å². The summed E-state index contributed by atoms with van der Waals surface area (Å²) in [5.74, 6) is -4.10. The molecule has 11 heteroatoms. The van der Waals surface area contributed by atoms with E-state index >= 15 is 0 Å². The lowest BCUT2D eigenvalue weighted by Crippen LogP contribution is -2.16. The quantitative estimate of drug-likeness (QED) is 0.246. The molecule has 0 saturated heterocycles. The number of aromatic amines is 1. The van der Waals surface area contributed by atoms with Gasteiger partial charge in [-0.25, -0.2) is 4.79 Å². The maximum Gasteiger partial charge on any atom is 0.420 e. The largest absolute Gasteiger partial charge is 0.482 e. The minimum Gasteiger partial charge on any atom is -0.482 e. The van der Waals surface area contributed by atoms with Crippen molar-refractivity contribution in [2.75, 3.05) is 6.61 Å². The number of hydrogen-bond donors (Lipinski definition) is 2. The number of alkyl halides is 6. The van der Waals surface area contributed by atoms with Gasteiger partial charge in [0.05, 0.1) is 0 Å². The molecule has 34 heavy (non-hydrogen) atoms. The fraction of sp³-hybridized carbons (Fsp3) is 0.348. The van der Waals surface area contributed by atoms with Crippen LogP contribution < -0.4 is 9.47 Å².